The molecule has 0 atom stereocenters. The van der Waals surface area contributed by atoms with Crippen LogP contribution in [0.25, 0.3) is 0 Å². The zero-order chi connectivity index (χ0) is 12.1. The van der Waals surface area contributed by atoms with E-state index in [1.54, 1.807) is 0 Å². The third-order valence-corrected chi connectivity index (χ3v) is 3.61. The van der Waals surface area contributed by atoms with E-state index < -0.39 is 0 Å². The Morgan fingerprint density at radius 1 is 1.29 bits per heavy atom. The summed E-state index contributed by atoms with van der Waals surface area (Å²) in [5, 5.41) is 3.65. The van der Waals surface area contributed by atoms with E-state index >= 15 is 0 Å². The van der Waals surface area contributed by atoms with Crippen LogP contribution in [0.2, 0.25) is 0 Å². The van der Waals surface area contributed by atoms with Crippen molar-refractivity contribution in [1.29, 1.82) is 0 Å². The topological polar surface area (TPSA) is 38.0 Å². The van der Waals surface area contributed by atoms with Crippen LogP contribution < -0.4 is 11.1 Å². The molecule has 0 saturated carbocycles. The standard InChI is InChI=1S/C15H22N2/c1-2-3-6-9-17-15(12-16)10-13-7-4-5-8-14(13)11-15/h2-5,7-8,17H,6,9-12,16H2,1H3/b3-2+. The van der Waals surface area contributed by atoms with E-state index in [9.17, 15) is 0 Å². The van der Waals surface area contributed by atoms with Crippen LogP contribution in [0, 0.1) is 0 Å². The molecule has 2 rings (SSSR count). The van der Waals surface area contributed by atoms with E-state index in [0.29, 0.717) is 6.54 Å². The first-order valence-electron chi connectivity index (χ1n) is 6.43. The smallest absolute Gasteiger partial charge is 0.0385 e. The third kappa shape index (κ3) is 2.76. The quantitative estimate of drug-likeness (QED) is 0.600. The van der Waals surface area contributed by atoms with Crippen LogP contribution in [0.3, 0.4) is 0 Å². The Hall–Kier alpha value is -1.12. The summed E-state index contributed by atoms with van der Waals surface area (Å²) < 4.78 is 0. The van der Waals surface area contributed by atoms with Gasteiger partial charge < -0.3 is 11.1 Å². The lowest BCUT2D eigenvalue weighted by atomic mass is 9.95. The number of rotatable bonds is 5. The lowest BCUT2D eigenvalue weighted by Crippen LogP contribution is -2.52. The minimum atomic E-state index is 0.0886. The zero-order valence-corrected chi connectivity index (χ0v) is 10.6. The summed E-state index contributed by atoms with van der Waals surface area (Å²) in [6, 6.07) is 8.68. The average Bonchev–Trinajstić information content (AvgIpc) is 2.74. The van der Waals surface area contributed by atoms with Crippen LogP contribution in [0.5, 0.6) is 0 Å². The van der Waals surface area contributed by atoms with Crippen molar-refractivity contribution in [2.24, 2.45) is 5.73 Å². The minimum Gasteiger partial charge on any atom is -0.329 e. The largest absolute Gasteiger partial charge is 0.329 e. The van der Waals surface area contributed by atoms with Gasteiger partial charge in [-0.3, -0.25) is 0 Å². The normalized spacial score (nSPS) is 17.5. The maximum atomic E-state index is 5.98. The first-order chi connectivity index (χ1) is 8.29. The number of hydrogen-bond acceptors (Lipinski definition) is 2. The predicted molar refractivity (Wildman–Crippen MR) is 73.1 cm³/mol. The molecule has 1 aliphatic rings. The van der Waals surface area contributed by atoms with Gasteiger partial charge in [-0.05, 0) is 43.9 Å². The molecule has 1 aliphatic carbocycles. The van der Waals surface area contributed by atoms with Gasteiger partial charge in [0.05, 0.1) is 0 Å². The van der Waals surface area contributed by atoms with Gasteiger partial charge in [0, 0.05) is 12.1 Å². The number of benzene rings is 1. The summed E-state index contributed by atoms with van der Waals surface area (Å²) in [5.74, 6) is 0. The molecule has 0 fully saturated rings. The molecule has 0 amide bonds. The highest BCUT2D eigenvalue weighted by Gasteiger charge is 2.34. The summed E-state index contributed by atoms with van der Waals surface area (Å²) >= 11 is 0. The highest BCUT2D eigenvalue weighted by Crippen LogP contribution is 2.29. The lowest BCUT2D eigenvalue weighted by Gasteiger charge is -2.28. The fourth-order valence-electron chi connectivity index (χ4n) is 2.62. The van der Waals surface area contributed by atoms with Crippen molar-refractivity contribution >= 4 is 0 Å². The molecule has 0 aliphatic heterocycles. The molecule has 1 aromatic carbocycles. The molecule has 92 valence electrons. The highest BCUT2D eigenvalue weighted by atomic mass is 15.0. The second-order valence-corrected chi connectivity index (χ2v) is 4.89. The van der Waals surface area contributed by atoms with Crippen LogP contribution in [0.1, 0.15) is 24.5 Å². The van der Waals surface area contributed by atoms with Crippen molar-refractivity contribution < 1.29 is 0 Å². The molecule has 0 radical (unpaired) electrons. The van der Waals surface area contributed by atoms with Gasteiger partial charge in [-0.2, -0.15) is 0 Å². The van der Waals surface area contributed by atoms with E-state index in [1.807, 2.05) is 0 Å². The minimum absolute atomic E-state index is 0.0886. The van der Waals surface area contributed by atoms with Crippen LogP contribution in [-0.2, 0) is 12.8 Å². The first kappa shape index (κ1) is 12.3. The highest BCUT2D eigenvalue weighted by molar-refractivity contribution is 5.36. The number of allylic oxidation sites excluding steroid dienone is 1. The van der Waals surface area contributed by atoms with Gasteiger partial charge in [-0.15, -0.1) is 0 Å². The van der Waals surface area contributed by atoms with Crippen molar-refractivity contribution in [2.75, 3.05) is 13.1 Å². The molecule has 0 saturated heterocycles. The maximum Gasteiger partial charge on any atom is 0.0385 e. The number of nitrogens with two attached hydrogens (primary N) is 1. The maximum absolute atomic E-state index is 5.98. The molecule has 0 heterocycles. The predicted octanol–water partition coefficient (Wildman–Crippen LogP) is 2.04. The van der Waals surface area contributed by atoms with E-state index in [4.69, 9.17) is 5.73 Å². The van der Waals surface area contributed by atoms with Gasteiger partial charge in [0.1, 0.15) is 0 Å². The molecule has 1 aromatic rings. The molecular weight excluding hydrogens is 208 g/mol. The summed E-state index contributed by atoms with van der Waals surface area (Å²) in [6.45, 7) is 3.77. The fourth-order valence-corrected chi connectivity index (χ4v) is 2.62. The van der Waals surface area contributed by atoms with Gasteiger partial charge in [-0.1, -0.05) is 36.4 Å². The molecule has 2 nitrogen and oxygen atoms in total. The van der Waals surface area contributed by atoms with Crippen molar-refractivity contribution in [3.8, 4) is 0 Å². The van der Waals surface area contributed by atoms with Crippen LogP contribution in [0.4, 0.5) is 0 Å². The van der Waals surface area contributed by atoms with E-state index in [2.05, 4.69) is 48.7 Å². The Bertz CT molecular complexity index is 371. The number of hydrogen-bond donors (Lipinski definition) is 2. The summed E-state index contributed by atoms with van der Waals surface area (Å²) in [4.78, 5) is 0. The SMILES string of the molecule is C/C=C/CCNC1(CN)Cc2ccccc2C1. The Balaban J connectivity index is 1.99. The average molecular weight is 230 g/mol. The molecule has 2 heteroatoms. The fraction of sp³-hybridized carbons (Fsp3) is 0.467. The van der Waals surface area contributed by atoms with Crippen LogP contribution >= 0.6 is 0 Å². The summed E-state index contributed by atoms with van der Waals surface area (Å²) in [7, 11) is 0. The molecule has 17 heavy (non-hydrogen) atoms. The molecule has 0 aromatic heterocycles. The third-order valence-electron chi connectivity index (χ3n) is 3.61. The first-order valence-corrected chi connectivity index (χ1v) is 6.43. The Morgan fingerprint density at radius 2 is 1.94 bits per heavy atom. The monoisotopic (exact) mass is 230 g/mol. The van der Waals surface area contributed by atoms with E-state index in [-0.39, 0.29) is 5.54 Å². The molecular formula is C15H22N2. The number of nitrogens with one attached hydrogen (secondary N) is 1. The zero-order valence-electron chi connectivity index (χ0n) is 10.6. The molecule has 0 spiro atoms. The molecule has 0 unspecified atom stereocenters. The van der Waals surface area contributed by atoms with Gasteiger partial charge in [0.25, 0.3) is 0 Å². The van der Waals surface area contributed by atoms with Gasteiger partial charge in [-0.25, -0.2) is 0 Å². The second-order valence-electron chi connectivity index (χ2n) is 4.89. The summed E-state index contributed by atoms with van der Waals surface area (Å²) in [5.41, 5.74) is 8.98. The Labute approximate surface area is 104 Å². The Kier molecular flexibility index (Phi) is 3.97. The Morgan fingerprint density at radius 3 is 2.47 bits per heavy atom. The number of fused-ring (bicyclic) bond motifs is 1. The summed E-state index contributed by atoms with van der Waals surface area (Å²) in [6.07, 6.45) is 7.50. The van der Waals surface area contributed by atoms with Gasteiger partial charge >= 0.3 is 0 Å². The van der Waals surface area contributed by atoms with Gasteiger partial charge in [0.15, 0.2) is 0 Å². The lowest BCUT2D eigenvalue weighted by molar-refractivity contribution is 0.352. The molecule has 3 N–H and O–H groups in total. The van der Waals surface area contributed by atoms with Crippen LogP contribution in [0.15, 0.2) is 36.4 Å². The van der Waals surface area contributed by atoms with E-state index in [0.717, 1.165) is 25.8 Å². The van der Waals surface area contributed by atoms with Crippen molar-refractivity contribution in [2.45, 2.75) is 31.7 Å². The van der Waals surface area contributed by atoms with Crippen LogP contribution in [-0.4, -0.2) is 18.6 Å². The van der Waals surface area contributed by atoms with Crippen molar-refractivity contribution in [1.82, 2.24) is 5.32 Å². The second kappa shape index (κ2) is 5.48. The van der Waals surface area contributed by atoms with Crippen molar-refractivity contribution in [3.63, 3.8) is 0 Å². The van der Waals surface area contributed by atoms with E-state index in [1.165, 1.54) is 11.1 Å². The van der Waals surface area contributed by atoms with Crippen molar-refractivity contribution in [3.05, 3.63) is 47.5 Å². The van der Waals surface area contributed by atoms with Gasteiger partial charge in [0.2, 0.25) is 0 Å². The molecule has 0 bridgehead atoms.